The highest BCUT2D eigenvalue weighted by Gasteiger charge is 2.87. The highest BCUT2D eigenvalue weighted by molar-refractivity contribution is 7.61. The molecule has 0 bridgehead atoms. The van der Waals surface area contributed by atoms with Crippen LogP contribution in [0.4, 0.5) is 0 Å². The van der Waals surface area contributed by atoms with Crippen LogP contribution >= 0.6 is 7.94 Å². The van der Waals surface area contributed by atoms with Crippen LogP contribution in [0.5, 0.6) is 0 Å². The molecule has 0 aromatic heterocycles. The summed E-state index contributed by atoms with van der Waals surface area (Å²) >= 11 is 0. The molecule has 1 saturated heterocycles. The molecule has 8 heteroatoms. The number of benzene rings is 1. The van der Waals surface area contributed by atoms with Gasteiger partial charge in [0.25, 0.3) is 0 Å². The zero-order valence-corrected chi connectivity index (χ0v) is 16.2. The second kappa shape index (κ2) is 6.57. The van der Waals surface area contributed by atoms with Gasteiger partial charge in [-0.05, 0) is 0 Å². The van der Waals surface area contributed by atoms with Crippen molar-refractivity contribution in [2.24, 2.45) is 17.3 Å². The molecular formula is C18H23O7P. The maximum absolute atomic E-state index is 13.8. The Hall–Kier alpha value is -1.53. The van der Waals surface area contributed by atoms with Crippen molar-refractivity contribution < 1.29 is 33.0 Å². The zero-order valence-electron chi connectivity index (χ0n) is 15.3. The van der Waals surface area contributed by atoms with Crippen LogP contribution in [0.2, 0.25) is 0 Å². The lowest BCUT2D eigenvalue weighted by Gasteiger charge is -2.42. The molecule has 1 aromatic carbocycles. The van der Waals surface area contributed by atoms with Crippen LogP contribution in [0.15, 0.2) is 30.3 Å². The van der Waals surface area contributed by atoms with E-state index in [0.29, 0.717) is 5.56 Å². The van der Waals surface area contributed by atoms with Gasteiger partial charge >= 0.3 is 11.9 Å². The number of rotatable bonds is 4. The third kappa shape index (κ3) is 2.74. The number of carbonyl (C=O) groups excluding carboxylic acids is 2. The Morgan fingerprint density at radius 3 is 1.92 bits per heavy atom. The van der Waals surface area contributed by atoms with Crippen molar-refractivity contribution in [2.75, 3.05) is 27.4 Å². The van der Waals surface area contributed by atoms with E-state index in [1.54, 1.807) is 30.3 Å². The lowest BCUT2D eigenvalue weighted by Crippen LogP contribution is -2.41. The Morgan fingerprint density at radius 2 is 1.50 bits per heavy atom. The van der Waals surface area contributed by atoms with Crippen molar-refractivity contribution >= 4 is 19.9 Å². The van der Waals surface area contributed by atoms with E-state index >= 15 is 0 Å². The van der Waals surface area contributed by atoms with Gasteiger partial charge < -0.3 is 14.4 Å². The maximum atomic E-state index is 13.8. The Balaban J connectivity index is 2.13. The summed E-state index contributed by atoms with van der Waals surface area (Å²) in [6.45, 7) is 4.24. The van der Waals surface area contributed by atoms with E-state index < -0.39 is 36.9 Å². The van der Waals surface area contributed by atoms with Gasteiger partial charge in [0.15, 0.2) is 5.16 Å². The maximum Gasteiger partial charge on any atom is 0.314 e. The molecular weight excluding hydrogens is 359 g/mol. The van der Waals surface area contributed by atoms with E-state index in [-0.39, 0.29) is 18.6 Å². The molecule has 1 aliphatic heterocycles. The van der Waals surface area contributed by atoms with Crippen LogP contribution in [0.25, 0.3) is 0 Å². The van der Waals surface area contributed by atoms with E-state index in [0.717, 1.165) is 0 Å². The largest absolute Gasteiger partial charge is 0.631 e. The lowest BCUT2D eigenvalue weighted by atomic mass is 9.97. The van der Waals surface area contributed by atoms with Crippen molar-refractivity contribution in [1.82, 2.24) is 0 Å². The molecule has 0 spiro atoms. The molecule has 2 atom stereocenters. The fourth-order valence-electron chi connectivity index (χ4n) is 3.64. The van der Waals surface area contributed by atoms with Crippen molar-refractivity contribution in [3.63, 3.8) is 0 Å². The van der Waals surface area contributed by atoms with Gasteiger partial charge in [0.05, 0.1) is 14.2 Å². The van der Waals surface area contributed by atoms with Gasteiger partial charge in [-0.15, -0.1) is 0 Å². The Bertz CT molecular complexity index is 671. The van der Waals surface area contributed by atoms with Crippen LogP contribution in [-0.4, -0.2) is 39.4 Å². The van der Waals surface area contributed by atoms with Gasteiger partial charge in [-0.2, -0.15) is 0 Å². The zero-order chi connectivity index (χ0) is 19.2. The average molecular weight is 382 g/mol. The van der Waals surface area contributed by atoms with E-state index in [1.165, 1.54) is 14.2 Å². The van der Waals surface area contributed by atoms with Crippen LogP contribution in [0.1, 0.15) is 19.4 Å². The molecule has 142 valence electrons. The second-order valence-corrected chi connectivity index (χ2v) is 9.65. The van der Waals surface area contributed by atoms with Gasteiger partial charge in [-0.3, -0.25) is 9.59 Å². The number of carbonyl (C=O) groups is 2. The summed E-state index contributed by atoms with van der Waals surface area (Å²) < 4.78 is 21.2. The molecule has 1 aromatic rings. The number of hydrogen-bond donors (Lipinski definition) is 0. The first kappa shape index (κ1) is 19.2. The summed E-state index contributed by atoms with van der Waals surface area (Å²) in [4.78, 5) is 38.7. The Morgan fingerprint density at radius 1 is 1.04 bits per heavy atom. The molecule has 0 radical (unpaired) electrons. The predicted molar refractivity (Wildman–Crippen MR) is 91.7 cm³/mol. The number of esters is 2. The van der Waals surface area contributed by atoms with Gasteiger partial charge in [0, 0.05) is 11.0 Å². The van der Waals surface area contributed by atoms with Crippen molar-refractivity contribution in [3.8, 4) is 0 Å². The smallest absolute Gasteiger partial charge is 0.314 e. The van der Waals surface area contributed by atoms with Gasteiger partial charge in [-0.25, -0.2) is 9.05 Å². The molecule has 0 amide bonds. The first-order valence-electron chi connectivity index (χ1n) is 8.34. The molecule has 7 nitrogen and oxygen atoms in total. The summed E-state index contributed by atoms with van der Waals surface area (Å²) in [5, 5.41) is -1.44. The third-order valence-electron chi connectivity index (χ3n) is 5.02. The van der Waals surface area contributed by atoms with Crippen molar-refractivity contribution in [2.45, 2.75) is 19.0 Å². The molecule has 26 heavy (non-hydrogen) atoms. The molecule has 3 rings (SSSR count). The second-order valence-electron chi connectivity index (χ2n) is 7.40. The summed E-state index contributed by atoms with van der Waals surface area (Å²) in [7, 11) is -1.40. The summed E-state index contributed by atoms with van der Waals surface area (Å²) in [6, 6.07) is 8.72. The minimum Gasteiger partial charge on any atom is -0.631 e. The third-order valence-corrected chi connectivity index (χ3v) is 7.68. The highest BCUT2D eigenvalue weighted by Crippen LogP contribution is 2.85. The SMILES string of the molecule is COC(=O)[C@@H]1[C@@H](C(=O)OC)C1(c1ccccc1)[P+]1([O-])OCC(C)(C)CO1. The first-order chi connectivity index (χ1) is 12.2. The van der Waals surface area contributed by atoms with Gasteiger partial charge in [0.2, 0.25) is 7.94 Å². The molecule has 2 fully saturated rings. The Kier molecular flexibility index (Phi) is 4.86. The van der Waals surface area contributed by atoms with E-state index in [1.807, 2.05) is 13.8 Å². The predicted octanol–water partition coefficient (Wildman–Crippen LogP) is 1.67. The quantitative estimate of drug-likeness (QED) is 0.577. The fraction of sp³-hybridized carbons (Fsp3) is 0.556. The van der Waals surface area contributed by atoms with E-state index in [2.05, 4.69) is 0 Å². The molecule has 2 aliphatic rings. The lowest BCUT2D eigenvalue weighted by molar-refractivity contribution is -0.239. The van der Waals surface area contributed by atoms with Crippen LogP contribution in [0, 0.1) is 17.3 Å². The summed E-state index contributed by atoms with van der Waals surface area (Å²) in [5.74, 6) is -3.27. The van der Waals surface area contributed by atoms with Gasteiger partial charge in [0.1, 0.15) is 25.0 Å². The Labute approximate surface area is 153 Å². The number of methoxy groups -OCH3 is 2. The van der Waals surface area contributed by atoms with Crippen LogP contribution < -0.4 is 4.89 Å². The first-order valence-corrected chi connectivity index (χ1v) is 9.88. The minimum absolute atomic E-state index is 0.195. The van der Waals surface area contributed by atoms with Crippen LogP contribution in [-0.2, 0) is 33.3 Å². The average Bonchev–Trinajstić information content (AvgIpc) is 3.36. The highest BCUT2D eigenvalue weighted by atomic mass is 31.2. The molecule has 1 heterocycles. The summed E-state index contributed by atoms with van der Waals surface area (Å²) in [6.07, 6.45) is 0. The minimum atomic E-state index is -3.86. The van der Waals surface area contributed by atoms with E-state index in [4.69, 9.17) is 18.5 Å². The molecule has 0 unspecified atom stereocenters. The fourth-order valence-corrected chi connectivity index (χ4v) is 6.76. The van der Waals surface area contributed by atoms with Crippen LogP contribution in [0.3, 0.4) is 0 Å². The van der Waals surface area contributed by atoms with Crippen molar-refractivity contribution in [3.05, 3.63) is 35.9 Å². The van der Waals surface area contributed by atoms with E-state index in [9.17, 15) is 14.5 Å². The normalized spacial score (nSPS) is 31.7. The topological polar surface area (TPSA) is 94.1 Å². The van der Waals surface area contributed by atoms with Crippen molar-refractivity contribution in [1.29, 1.82) is 0 Å². The molecule has 1 aliphatic carbocycles. The summed E-state index contributed by atoms with van der Waals surface area (Å²) in [5.41, 5.74) is 0.219. The standard InChI is InChI=1S/C18H23O7P/c1-17(2)10-24-26(21,25-11-17)18(12-8-6-5-7-9-12)13(15(19)22-3)14(18)16(20)23-4/h5-9,13-14H,10-11H2,1-4H3/t13-,14-/m0/s1. The number of hydrogen-bond acceptors (Lipinski definition) is 7. The molecule has 1 saturated carbocycles. The number of ether oxygens (including phenoxy) is 2. The van der Waals surface area contributed by atoms with Gasteiger partial charge in [-0.1, -0.05) is 44.2 Å². The monoisotopic (exact) mass is 382 g/mol. The molecule has 0 N–H and O–H groups in total.